The number of aryl methyl sites for hydroxylation is 3. The topological polar surface area (TPSA) is 3.88 Å². The molecule has 0 N–H and O–H groups in total. The van der Waals surface area contributed by atoms with Crippen molar-refractivity contribution >= 4 is 0 Å². The van der Waals surface area contributed by atoms with Gasteiger partial charge in [-0.2, -0.15) is 4.57 Å². The molecule has 1 aromatic carbocycles. The molecule has 2 unspecified atom stereocenters. The summed E-state index contributed by atoms with van der Waals surface area (Å²) in [4.78, 5) is 0. The van der Waals surface area contributed by atoms with Crippen LogP contribution in [0, 0.1) is 13.8 Å². The van der Waals surface area contributed by atoms with Crippen LogP contribution in [0.4, 0.5) is 0 Å². The van der Waals surface area contributed by atoms with Crippen molar-refractivity contribution in [3.63, 3.8) is 0 Å². The van der Waals surface area contributed by atoms with E-state index in [0.29, 0.717) is 6.04 Å². The molecule has 2 aromatic rings. The highest BCUT2D eigenvalue weighted by atomic mass is 15.0. The Labute approximate surface area is 154 Å². The molecule has 2 atom stereocenters. The number of aromatic nitrogens is 1. The molecule has 134 valence electrons. The monoisotopic (exact) mass is 336 g/mol. The van der Waals surface area contributed by atoms with E-state index in [1.54, 1.807) is 5.56 Å². The molecule has 2 heterocycles. The van der Waals surface area contributed by atoms with Gasteiger partial charge in [-0.1, -0.05) is 39.3 Å². The zero-order chi connectivity index (χ0) is 18.2. The molecule has 1 aromatic heterocycles. The molecule has 1 aliphatic heterocycles. The third kappa shape index (κ3) is 2.92. The van der Waals surface area contributed by atoms with E-state index in [1.165, 1.54) is 60.1 Å². The molecule has 3 rings (SSSR count). The second kappa shape index (κ2) is 6.94. The van der Waals surface area contributed by atoms with Crippen LogP contribution in [0.15, 0.2) is 30.5 Å². The maximum Gasteiger partial charge on any atom is 0.215 e. The number of benzene rings is 1. The van der Waals surface area contributed by atoms with Gasteiger partial charge in [-0.25, -0.2) is 0 Å². The highest BCUT2D eigenvalue weighted by Crippen LogP contribution is 2.47. The lowest BCUT2D eigenvalue weighted by Crippen LogP contribution is -2.54. The summed E-state index contributed by atoms with van der Waals surface area (Å²) in [6.45, 7) is 13.9. The van der Waals surface area contributed by atoms with Crippen LogP contribution in [-0.4, -0.2) is 0 Å². The highest BCUT2D eigenvalue weighted by Gasteiger charge is 2.47. The first kappa shape index (κ1) is 18.2. The summed E-state index contributed by atoms with van der Waals surface area (Å²) in [5, 5.41) is 0. The van der Waals surface area contributed by atoms with Gasteiger partial charge in [0, 0.05) is 17.5 Å². The van der Waals surface area contributed by atoms with Crippen molar-refractivity contribution in [2.45, 2.75) is 85.1 Å². The number of pyridine rings is 1. The molecule has 0 amide bonds. The van der Waals surface area contributed by atoms with E-state index in [9.17, 15) is 0 Å². The third-order valence-corrected chi connectivity index (χ3v) is 6.38. The first-order valence-corrected chi connectivity index (χ1v) is 10.1. The molecular weight excluding hydrogens is 302 g/mol. The van der Waals surface area contributed by atoms with Crippen molar-refractivity contribution in [3.8, 4) is 11.3 Å². The van der Waals surface area contributed by atoms with Crippen molar-refractivity contribution in [1.29, 1.82) is 0 Å². The number of unbranched alkanes of at least 4 members (excludes halogenated alkanes) is 1. The van der Waals surface area contributed by atoms with Crippen LogP contribution in [0.2, 0.25) is 0 Å². The Kier molecular flexibility index (Phi) is 5.04. The summed E-state index contributed by atoms with van der Waals surface area (Å²) in [7, 11) is 0. The highest BCUT2D eigenvalue weighted by molar-refractivity contribution is 5.68. The summed E-state index contributed by atoms with van der Waals surface area (Å²) in [5.41, 5.74) is 8.92. The predicted octanol–water partition coefficient (Wildman–Crippen LogP) is 6.23. The van der Waals surface area contributed by atoms with Crippen LogP contribution in [0.1, 0.15) is 81.7 Å². The molecule has 1 nitrogen and oxygen atoms in total. The lowest BCUT2D eigenvalue weighted by Gasteiger charge is -2.39. The van der Waals surface area contributed by atoms with Gasteiger partial charge in [0.1, 0.15) is 0 Å². The first-order chi connectivity index (χ1) is 12.0. The Balaban J connectivity index is 2.28. The average molecular weight is 337 g/mol. The number of hydrogen-bond donors (Lipinski definition) is 0. The number of rotatable bonds is 5. The maximum absolute atomic E-state index is 2.60. The Morgan fingerprint density at radius 3 is 2.48 bits per heavy atom. The molecular formula is C24H34N+. The van der Waals surface area contributed by atoms with E-state index < -0.39 is 0 Å². The zero-order valence-electron chi connectivity index (χ0n) is 16.9. The van der Waals surface area contributed by atoms with Crippen LogP contribution in [-0.2, 0) is 11.8 Å². The summed E-state index contributed by atoms with van der Waals surface area (Å²) in [6.07, 6.45) is 8.44. The lowest BCUT2D eigenvalue weighted by atomic mass is 9.67. The predicted molar refractivity (Wildman–Crippen MR) is 107 cm³/mol. The molecule has 1 aliphatic rings. The minimum absolute atomic E-state index is 0.200. The Hall–Kier alpha value is -1.63. The van der Waals surface area contributed by atoms with E-state index in [-0.39, 0.29) is 5.41 Å². The first-order valence-electron chi connectivity index (χ1n) is 10.1. The van der Waals surface area contributed by atoms with Crippen molar-refractivity contribution in [1.82, 2.24) is 0 Å². The molecule has 0 radical (unpaired) electrons. The molecule has 0 aliphatic carbocycles. The quantitative estimate of drug-likeness (QED) is 0.570. The molecule has 25 heavy (non-hydrogen) atoms. The second-order valence-corrected chi connectivity index (χ2v) is 8.13. The summed E-state index contributed by atoms with van der Waals surface area (Å²) in [5.74, 6) is 0. The van der Waals surface area contributed by atoms with Gasteiger partial charge in [0.05, 0.1) is 11.0 Å². The normalized spacial score (nSPS) is 21.8. The zero-order valence-corrected chi connectivity index (χ0v) is 16.9. The second-order valence-electron chi connectivity index (χ2n) is 8.13. The molecule has 0 bridgehead atoms. The number of hydrogen-bond acceptors (Lipinski definition) is 0. The Bertz CT molecular complexity index is 774. The molecule has 1 heteroatoms. The third-order valence-electron chi connectivity index (χ3n) is 6.38. The van der Waals surface area contributed by atoms with Crippen molar-refractivity contribution in [3.05, 3.63) is 52.7 Å². The molecule has 0 saturated carbocycles. The van der Waals surface area contributed by atoms with Gasteiger partial charge in [-0.15, -0.1) is 0 Å². The van der Waals surface area contributed by atoms with Gasteiger partial charge in [0.15, 0.2) is 12.2 Å². The number of nitrogens with zero attached hydrogens (tertiary/aromatic N) is 1. The van der Waals surface area contributed by atoms with E-state index >= 15 is 0 Å². The SMILES string of the molecule is CCCCc1ccc2c(c1)-c1c(C)cc(C)c[n+]1C(CC)C2(C)CC. The standard InChI is InChI=1S/C24H34N/c1-7-10-11-19-12-13-21-20(15-19)23-18(5)14-17(4)16-25(23)22(8-2)24(21,6)9-3/h12-16,22H,7-11H2,1-6H3/q+1. The van der Waals surface area contributed by atoms with Gasteiger partial charge in [-0.05, 0) is 63.3 Å². The number of fused-ring (bicyclic) bond motifs is 3. The van der Waals surface area contributed by atoms with Crippen LogP contribution in [0.3, 0.4) is 0 Å². The fourth-order valence-electron chi connectivity index (χ4n) is 4.91. The molecule has 0 spiro atoms. The van der Waals surface area contributed by atoms with Crippen LogP contribution < -0.4 is 4.57 Å². The van der Waals surface area contributed by atoms with Crippen LogP contribution >= 0.6 is 0 Å². The smallest absolute Gasteiger partial charge is 0.194 e. The Morgan fingerprint density at radius 1 is 1.08 bits per heavy atom. The van der Waals surface area contributed by atoms with Gasteiger partial charge in [0.25, 0.3) is 0 Å². The van der Waals surface area contributed by atoms with Gasteiger partial charge in [-0.3, -0.25) is 0 Å². The van der Waals surface area contributed by atoms with Gasteiger partial charge in [0.2, 0.25) is 5.69 Å². The van der Waals surface area contributed by atoms with Crippen LogP contribution in [0.25, 0.3) is 11.3 Å². The summed E-state index contributed by atoms with van der Waals surface area (Å²) in [6, 6.07) is 10.2. The van der Waals surface area contributed by atoms with E-state index in [2.05, 4.69) is 76.6 Å². The molecule has 0 fully saturated rings. The minimum Gasteiger partial charge on any atom is -0.194 e. The summed E-state index contributed by atoms with van der Waals surface area (Å²) < 4.78 is 2.60. The fraction of sp³-hybridized carbons (Fsp3) is 0.542. The fourth-order valence-corrected chi connectivity index (χ4v) is 4.91. The largest absolute Gasteiger partial charge is 0.215 e. The lowest BCUT2D eigenvalue weighted by molar-refractivity contribution is -0.725. The molecule has 0 saturated heterocycles. The van der Waals surface area contributed by atoms with E-state index in [1.807, 2.05) is 0 Å². The maximum atomic E-state index is 2.60. The van der Waals surface area contributed by atoms with E-state index in [0.717, 1.165) is 0 Å². The van der Waals surface area contributed by atoms with E-state index in [4.69, 9.17) is 0 Å². The van der Waals surface area contributed by atoms with Crippen molar-refractivity contribution in [2.24, 2.45) is 0 Å². The van der Waals surface area contributed by atoms with Crippen molar-refractivity contribution < 1.29 is 4.57 Å². The summed E-state index contributed by atoms with van der Waals surface area (Å²) >= 11 is 0. The average Bonchev–Trinajstić information content (AvgIpc) is 2.59. The van der Waals surface area contributed by atoms with Crippen molar-refractivity contribution in [2.75, 3.05) is 0 Å². The minimum atomic E-state index is 0.200. The van der Waals surface area contributed by atoms with Crippen LogP contribution in [0.5, 0.6) is 0 Å². The Morgan fingerprint density at radius 2 is 1.84 bits per heavy atom. The van der Waals surface area contributed by atoms with Gasteiger partial charge < -0.3 is 0 Å². The van der Waals surface area contributed by atoms with Gasteiger partial charge >= 0.3 is 0 Å².